The number of benzene rings is 1. The number of nitrogens with one attached hydrogen (secondary N) is 1. The summed E-state index contributed by atoms with van der Waals surface area (Å²) in [5, 5.41) is 16.4. The van der Waals surface area contributed by atoms with Gasteiger partial charge in [0, 0.05) is 13.2 Å². The predicted molar refractivity (Wildman–Crippen MR) is 93.7 cm³/mol. The zero-order chi connectivity index (χ0) is 17.0. The average Bonchev–Trinajstić information content (AvgIpc) is 3.21. The first-order chi connectivity index (χ1) is 11.7. The van der Waals surface area contributed by atoms with Gasteiger partial charge in [0.05, 0.1) is 5.41 Å². The lowest BCUT2D eigenvalue weighted by Gasteiger charge is -2.18. The number of hydrogen-bond donors (Lipinski definition) is 2. The van der Waals surface area contributed by atoms with Crippen molar-refractivity contribution in [2.45, 2.75) is 37.0 Å². The highest BCUT2D eigenvalue weighted by Crippen LogP contribution is 2.48. The Hall–Kier alpha value is -1.72. The van der Waals surface area contributed by atoms with E-state index in [4.69, 9.17) is 0 Å². The third kappa shape index (κ3) is 3.68. The molecule has 1 amide bonds. The zero-order valence-electron chi connectivity index (χ0n) is 13.5. The fourth-order valence-corrected chi connectivity index (χ4v) is 3.95. The molecule has 0 aliphatic heterocycles. The summed E-state index contributed by atoms with van der Waals surface area (Å²) in [5.41, 5.74) is 1.65. The number of thiophene rings is 1. The Kier molecular flexibility index (Phi) is 5.31. The second kappa shape index (κ2) is 7.45. The lowest BCUT2D eigenvalue weighted by molar-refractivity contribution is -0.123. The summed E-state index contributed by atoms with van der Waals surface area (Å²) < 4.78 is 13.1. The number of rotatable bonds is 8. The summed E-state index contributed by atoms with van der Waals surface area (Å²) in [6, 6.07) is 8.32. The van der Waals surface area contributed by atoms with Gasteiger partial charge >= 0.3 is 0 Å². The number of halogens is 1. The lowest BCUT2D eigenvalue weighted by Crippen LogP contribution is -2.35. The van der Waals surface area contributed by atoms with E-state index in [0.29, 0.717) is 13.0 Å². The van der Waals surface area contributed by atoms with Crippen molar-refractivity contribution in [1.82, 2.24) is 5.32 Å². The van der Waals surface area contributed by atoms with Crippen LogP contribution in [0.5, 0.6) is 0 Å². The highest BCUT2D eigenvalue weighted by atomic mass is 32.1. The molecule has 0 radical (unpaired) electrons. The molecule has 0 spiro atoms. The van der Waals surface area contributed by atoms with Gasteiger partial charge in [-0.05, 0) is 71.7 Å². The molecule has 1 aliphatic carbocycles. The maximum atomic E-state index is 13.1. The fourth-order valence-electron chi connectivity index (χ4n) is 3.21. The van der Waals surface area contributed by atoms with Crippen molar-refractivity contribution in [2.75, 3.05) is 13.2 Å². The Morgan fingerprint density at radius 1 is 1.25 bits per heavy atom. The van der Waals surface area contributed by atoms with Crippen LogP contribution in [0.4, 0.5) is 4.39 Å². The fraction of sp³-hybridized carbons (Fsp3) is 0.421. The molecular formula is C19H22FNO2S. The van der Waals surface area contributed by atoms with Crippen molar-refractivity contribution in [3.05, 3.63) is 58.0 Å². The van der Waals surface area contributed by atoms with Crippen LogP contribution in [0, 0.1) is 5.82 Å². The Balaban J connectivity index is 1.56. The molecule has 1 aliphatic rings. The Morgan fingerprint density at radius 3 is 2.58 bits per heavy atom. The van der Waals surface area contributed by atoms with E-state index in [9.17, 15) is 14.3 Å². The largest absolute Gasteiger partial charge is 0.396 e. The van der Waals surface area contributed by atoms with E-state index in [1.807, 2.05) is 5.38 Å². The smallest absolute Gasteiger partial charge is 0.230 e. The minimum atomic E-state index is -0.470. The van der Waals surface area contributed by atoms with E-state index in [2.05, 4.69) is 16.8 Å². The summed E-state index contributed by atoms with van der Waals surface area (Å²) in [6.45, 7) is 0.732. The SMILES string of the molecule is O=C(NCC[C@@H](CCO)c1ccsc1)C1(c2ccc(F)cc2)CC1. The van der Waals surface area contributed by atoms with Gasteiger partial charge in [0.1, 0.15) is 5.82 Å². The third-order valence-electron chi connectivity index (χ3n) is 4.85. The first-order valence-electron chi connectivity index (χ1n) is 8.33. The number of hydrogen-bond acceptors (Lipinski definition) is 3. The van der Waals surface area contributed by atoms with Crippen LogP contribution in [0.3, 0.4) is 0 Å². The van der Waals surface area contributed by atoms with E-state index in [1.54, 1.807) is 23.5 Å². The van der Waals surface area contributed by atoms with Crippen molar-refractivity contribution in [3.8, 4) is 0 Å². The quantitative estimate of drug-likeness (QED) is 0.767. The van der Waals surface area contributed by atoms with Gasteiger partial charge in [0.15, 0.2) is 0 Å². The van der Waals surface area contributed by atoms with Gasteiger partial charge in [0.2, 0.25) is 5.91 Å². The van der Waals surface area contributed by atoms with Gasteiger partial charge in [-0.3, -0.25) is 4.79 Å². The molecule has 0 unspecified atom stereocenters. The Morgan fingerprint density at radius 2 is 2.00 bits per heavy atom. The van der Waals surface area contributed by atoms with Crippen LogP contribution < -0.4 is 5.32 Å². The molecule has 1 heterocycles. The standard InChI is InChI=1S/C19H22FNO2S/c20-17-3-1-16(2-4-17)19(8-9-19)18(23)21-10-5-14(6-11-22)15-7-12-24-13-15/h1-4,7,12-14,22H,5-6,8-11H2,(H,21,23)/t14-/m0/s1. The minimum Gasteiger partial charge on any atom is -0.396 e. The number of aliphatic hydroxyl groups is 1. The highest BCUT2D eigenvalue weighted by Gasteiger charge is 2.51. The van der Waals surface area contributed by atoms with Crippen molar-refractivity contribution in [3.63, 3.8) is 0 Å². The number of amides is 1. The van der Waals surface area contributed by atoms with Gasteiger partial charge in [-0.15, -0.1) is 0 Å². The average molecular weight is 347 g/mol. The first kappa shape index (κ1) is 17.1. The van der Waals surface area contributed by atoms with Crippen LogP contribution in [-0.2, 0) is 10.2 Å². The van der Waals surface area contributed by atoms with E-state index in [-0.39, 0.29) is 24.2 Å². The zero-order valence-corrected chi connectivity index (χ0v) is 14.3. The molecule has 1 fully saturated rings. The third-order valence-corrected chi connectivity index (χ3v) is 5.55. The van der Waals surface area contributed by atoms with E-state index >= 15 is 0 Å². The summed E-state index contributed by atoms with van der Waals surface area (Å²) in [4.78, 5) is 12.6. The molecule has 0 bridgehead atoms. The van der Waals surface area contributed by atoms with Crippen LogP contribution in [0.25, 0.3) is 0 Å². The first-order valence-corrected chi connectivity index (χ1v) is 9.27. The monoisotopic (exact) mass is 347 g/mol. The van der Waals surface area contributed by atoms with Crippen LogP contribution >= 0.6 is 11.3 Å². The minimum absolute atomic E-state index is 0.0298. The Bertz CT molecular complexity index is 665. The van der Waals surface area contributed by atoms with Crippen LogP contribution in [-0.4, -0.2) is 24.2 Å². The molecule has 128 valence electrons. The molecule has 1 aromatic carbocycles. The highest BCUT2D eigenvalue weighted by molar-refractivity contribution is 7.07. The second-order valence-corrected chi connectivity index (χ2v) is 7.18. The molecule has 1 aromatic heterocycles. The van der Waals surface area contributed by atoms with E-state index in [1.165, 1.54) is 17.7 Å². The van der Waals surface area contributed by atoms with Crippen molar-refractivity contribution in [2.24, 2.45) is 0 Å². The summed E-state index contributed by atoms with van der Waals surface area (Å²) in [6.07, 6.45) is 3.14. The molecule has 2 aromatic rings. The molecule has 5 heteroatoms. The molecule has 1 saturated carbocycles. The number of carbonyl (C=O) groups excluding carboxylic acids is 1. The number of aliphatic hydroxyl groups excluding tert-OH is 1. The van der Waals surface area contributed by atoms with E-state index in [0.717, 1.165) is 24.8 Å². The summed E-state index contributed by atoms with van der Waals surface area (Å²) in [5.74, 6) is 0.0160. The van der Waals surface area contributed by atoms with Gasteiger partial charge in [0.25, 0.3) is 0 Å². The van der Waals surface area contributed by atoms with Crippen molar-refractivity contribution < 1.29 is 14.3 Å². The van der Waals surface area contributed by atoms with Crippen molar-refractivity contribution in [1.29, 1.82) is 0 Å². The van der Waals surface area contributed by atoms with Gasteiger partial charge in [-0.25, -0.2) is 4.39 Å². The van der Waals surface area contributed by atoms with Crippen molar-refractivity contribution >= 4 is 17.2 Å². The molecule has 3 nitrogen and oxygen atoms in total. The van der Waals surface area contributed by atoms with Gasteiger partial charge in [-0.1, -0.05) is 12.1 Å². The number of carbonyl (C=O) groups is 1. The van der Waals surface area contributed by atoms with Crippen LogP contribution in [0.2, 0.25) is 0 Å². The molecule has 24 heavy (non-hydrogen) atoms. The normalized spacial score (nSPS) is 16.6. The summed E-state index contributed by atoms with van der Waals surface area (Å²) >= 11 is 1.65. The van der Waals surface area contributed by atoms with E-state index < -0.39 is 5.41 Å². The summed E-state index contributed by atoms with van der Waals surface area (Å²) in [7, 11) is 0. The molecule has 2 N–H and O–H groups in total. The second-order valence-electron chi connectivity index (χ2n) is 6.40. The topological polar surface area (TPSA) is 49.3 Å². The predicted octanol–water partition coefficient (Wildman–Crippen LogP) is 3.59. The Labute approximate surface area is 145 Å². The van der Waals surface area contributed by atoms with Crippen LogP contribution in [0.15, 0.2) is 41.1 Å². The molecular weight excluding hydrogens is 325 g/mol. The van der Waals surface area contributed by atoms with Gasteiger partial charge in [-0.2, -0.15) is 11.3 Å². The molecule has 3 rings (SSSR count). The van der Waals surface area contributed by atoms with Gasteiger partial charge < -0.3 is 10.4 Å². The maximum absolute atomic E-state index is 13.1. The van der Waals surface area contributed by atoms with Crippen LogP contribution in [0.1, 0.15) is 42.7 Å². The molecule has 1 atom stereocenters. The maximum Gasteiger partial charge on any atom is 0.230 e. The lowest BCUT2D eigenvalue weighted by atomic mass is 9.93. The molecule has 0 saturated heterocycles.